The molecular weight excluding hydrogens is 446 g/mol. The lowest BCUT2D eigenvalue weighted by molar-refractivity contribution is -0.129. The third-order valence-corrected chi connectivity index (χ3v) is 7.53. The molecule has 3 aliphatic rings. The first-order valence-corrected chi connectivity index (χ1v) is 13.0. The number of carbonyl (C=O) groups excluding carboxylic acids is 3. The van der Waals surface area contributed by atoms with Crippen LogP contribution in [0.1, 0.15) is 44.9 Å². The van der Waals surface area contributed by atoms with E-state index in [0.717, 1.165) is 50.2 Å². The summed E-state index contributed by atoms with van der Waals surface area (Å²) in [7, 11) is 1.61. The summed E-state index contributed by atoms with van der Waals surface area (Å²) in [4.78, 5) is 43.8. The summed E-state index contributed by atoms with van der Waals surface area (Å²) in [6.45, 7) is 4.71. The SMILES string of the molecule is COc1ccc(NC(=O)N2CCN([C@@H](C(=O)NCCCN3CCCC3=O)C3CCCC3)CC2)cc1. The number of hydrogen-bond donors (Lipinski definition) is 2. The van der Waals surface area contributed by atoms with Gasteiger partial charge in [-0.15, -0.1) is 0 Å². The van der Waals surface area contributed by atoms with Gasteiger partial charge in [-0.05, 0) is 55.9 Å². The molecule has 4 rings (SSSR count). The van der Waals surface area contributed by atoms with Crippen LogP contribution in [-0.4, -0.2) is 91.5 Å². The average Bonchev–Trinajstić information content (AvgIpc) is 3.55. The van der Waals surface area contributed by atoms with E-state index < -0.39 is 0 Å². The van der Waals surface area contributed by atoms with Gasteiger partial charge in [0.25, 0.3) is 0 Å². The smallest absolute Gasteiger partial charge is 0.321 e. The number of anilines is 1. The zero-order chi connectivity index (χ0) is 24.6. The molecule has 192 valence electrons. The van der Waals surface area contributed by atoms with Crippen molar-refractivity contribution in [3.05, 3.63) is 24.3 Å². The summed E-state index contributed by atoms with van der Waals surface area (Å²) < 4.78 is 5.17. The van der Waals surface area contributed by atoms with E-state index in [1.165, 1.54) is 12.8 Å². The first kappa shape index (κ1) is 25.3. The molecule has 3 fully saturated rings. The molecule has 0 bridgehead atoms. The second-order valence-electron chi connectivity index (χ2n) is 9.80. The van der Waals surface area contributed by atoms with Crippen LogP contribution >= 0.6 is 0 Å². The second kappa shape index (κ2) is 12.2. The molecule has 0 unspecified atom stereocenters. The molecule has 2 heterocycles. The minimum atomic E-state index is -0.141. The standard InChI is InChI=1S/C26H39N5O4/c1-35-22-11-9-21(10-12-22)28-26(34)31-18-16-30(17-19-31)24(20-6-2-3-7-20)25(33)27-13-5-15-29-14-4-8-23(29)32/h9-12,20,24H,2-8,13-19H2,1H3,(H,27,33)(H,28,34)/t24-/m1/s1. The van der Waals surface area contributed by atoms with E-state index >= 15 is 0 Å². The molecule has 1 aromatic rings. The highest BCUT2D eigenvalue weighted by Gasteiger charge is 2.37. The van der Waals surface area contributed by atoms with Gasteiger partial charge >= 0.3 is 6.03 Å². The zero-order valence-electron chi connectivity index (χ0n) is 20.8. The normalized spacial score (nSPS) is 20.2. The fourth-order valence-electron chi connectivity index (χ4n) is 5.56. The number of nitrogens with zero attached hydrogens (tertiary/aromatic N) is 3. The Kier molecular flexibility index (Phi) is 8.84. The number of nitrogens with one attached hydrogen (secondary N) is 2. The molecule has 1 saturated carbocycles. The van der Waals surface area contributed by atoms with Gasteiger partial charge < -0.3 is 25.2 Å². The lowest BCUT2D eigenvalue weighted by atomic mass is 9.95. The minimum absolute atomic E-state index is 0.0979. The number of carbonyl (C=O) groups is 3. The van der Waals surface area contributed by atoms with Crippen molar-refractivity contribution >= 4 is 23.5 Å². The van der Waals surface area contributed by atoms with Crippen molar-refractivity contribution in [1.29, 1.82) is 0 Å². The van der Waals surface area contributed by atoms with Gasteiger partial charge in [0.2, 0.25) is 11.8 Å². The highest BCUT2D eigenvalue weighted by molar-refractivity contribution is 5.89. The largest absolute Gasteiger partial charge is 0.497 e. The fourth-order valence-corrected chi connectivity index (χ4v) is 5.56. The zero-order valence-corrected chi connectivity index (χ0v) is 20.8. The van der Waals surface area contributed by atoms with Crippen LogP contribution < -0.4 is 15.4 Å². The molecule has 35 heavy (non-hydrogen) atoms. The lowest BCUT2D eigenvalue weighted by Crippen LogP contribution is -2.58. The predicted molar refractivity (Wildman–Crippen MR) is 134 cm³/mol. The number of amides is 4. The third-order valence-electron chi connectivity index (χ3n) is 7.53. The van der Waals surface area contributed by atoms with E-state index in [-0.39, 0.29) is 23.9 Å². The number of piperazine rings is 1. The van der Waals surface area contributed by atoms with Crippen molar-refractivity contribution in [2.24, 2.45) is 5.92 Å². The van der Waals surface area contributed by atoms with E-state index in [4.69, 9.17) is 4.74 Å². The molecule has 0 aromatic heterocycles. The van der Waals surface area contributed by atoms with Crippen LogP contribution in [0.15, 0.2) is 24.3 Å². The van der Waals surface area contributed by atoms with Crippen LogP contribution in [-0.2, 0) is 9.59 Å². The Labute approximate surface area is 208 Å². The first-order valence-electron chi connectivity index (χ1n) is 13.0. The van der Waals surface area contributed by atoms with Gasteiger partial charge in [-0.3, -0.25) is 14.5 Å². The Bertz CT molecular complexity index is 863. The Morgan fingerprint density at radius 3 is 2.37 bits per heavy atom. The Balaban J connectivity index is 1.26. The van der Waals surface area contributed by atoms with Crippen LogP contribution in [0, 0.1) is 5.92 Å². The van der Waals surface area contributed by atoms with Gasteiger partial charge in [-0.1, -0.05) is 12.8 Å². The number of urea groups is 1. The maximum atomic E-state index is 13.3. The molecule has 0 radical (unpaired) electrons. The molecule has 4 amide bonds. The van der Waals surface area contributed by atoms with Crippen LogP contribution in [0.3, 0.4) is 0 Å². The Morgan fingerprint density at radius 2 is 1.74 bits per heavy atom. The lowest BCUT2D eigenvalue weighted by Gasteiger charge is -2.40. The van der Waals surface area contributed by atoms with Crippen molar-refractivity contribution < 1.29 is 19.1 Å². The number of ether oxygens (including phenoxy) is 1. The van der Waals surface area contributed by atoms with Gasteiger partial charge in [0.1, 0.15) is 5.75 Å². The van der Waals surface area contributed by atoms with Crippen LogP contribution in [0.25, 0.3) is 0 Å². The number of likely N-dealkylation sites (tertiary alicyclic amines) is 1. The van der Waals surface area contributed by atoms with Gasteiger partial charge in [0.15, 0.2) is 0 Å². The molecule has 1 atom stereocenters. The second-order valence-corrected chi connectivity index (χ2v) is 9.80. The molecule has 2 saturated heterocycles. The first-order chi connectivity index (χ1) is 17.0. The molecule has 0 spiro atoms. The van der Waals surface area contributed by atoms with Crippen LogP contribution in [0.5, 0.6) is 5.75 Å². The number of rotatable bonds is 9. The quantitative estimate of drug-likeness (QED) is 0.525. The molecule has 9 nitrogen and oxygen atoms in total. The van der Waals surface area contributed by atoms with Crippen molar-refractivity contribution in [2.75, 3.05) is 58.2 Å². The van der Waals surface area contributed by atoms with E-state index in [0.29, 0.717) is 45.1 Å². The molecule has 2 aliphatic heterocycles. The molecule has 9 heteroatoms. The van der Waals surface area contributed by atoms with E-state index in [1.54, 1.807) is 7.11 Å². The molecule has 1 aliphatic carbocycles. The van der Waals surface area contributed by atoms with E-state index in [2.05, 4.69) is 15.5 Å². The van der Waals surface area contributed by atoms with E-state index in [1.807, 2.05) is 34.1 Å². The maximum absolute atomic E-state index is 13.3. The number of benzene rings is 1. The van der Waals surface area contributed by atoms with Crippen LogP contribution in [0.2, 0.25) is 0 Å². The fraction of sp³-hybridized carbons (Fsp3) is 0.654. The van der Waals surface area contributed by atoms with Gasteiger partial charge in [0.05, 0.1) is 13.2 Å². The predicted octanol–water partition coefficient (Wildman–Crippen LogP) is 2.53. The van der Waals surface area contributed by atoms with Crippen molar-refractivity contribution in [3.63, 3.8) is 0 Å². The monoisotopic (exact) mass is 485 g/mol. The van der Waals surface area contributed by atoms with Crippen molar-refractivity contribution in [2.45, 2.75) is 51.0 Å². The Morgan fingerprint density at radius 1 is 1.03 bits per heavy atom. The minimum Gasteiger partial charge on any atom is -0.497 e. The van der Waals surface area contributed by atoms with Crippen molar-refractivity contribution in [1.82, 2.24) is 20.0 Å². The summed E-state index contributed by atoms with van der Waals surface area (Å²) >= 11 is 0. The van der Waals surface area contributed by atoms with Gasteiger partial charge in [0, 0.05) is 57.9 Å². The van der Waals surface area contributed by atoms with Gasteiger partial charge in [-0.2, -0.15) is 0 Å². The topological polar surface area (TPSA) is 94.2 Å². The third kappa shape index (κ3) is 6.66. The summed E-state index contributed by atoms with van der Waals surface area (Å²) in [6, 6.07) is 7.04. The molecule has 1 aromatic carbocycles. The maximum Gasteiger partial charge on any atom is 0.321 e. The van der Waals surface area contributed by atoms with Gasteiger partial charge in [-0.25, -0.2) is 4.79 Å². The summed E-state index contributed by atoms with van der Waals surface area (Å²) in [5.74, 6) is 1.45. The summed E-state index contributed by atoms with van der Waals surface area (Å²) in [6.07, 6.45) is 6.90. The average molecular weight is 486 g/mol. The van der Waals surface area contributed by atoms with Crippen molar-refractivity contribution in [3.8, 4) is 5.75 Å². The number of methoxy groups -OCH3 is 1. The summed E-state index contributed by atoms with van der Waals surface area (Å²) in [5, 5.41) is 6.10. The molecule has 2 N–H and O–H groups in total. The molecular formula is C26H39N5O4. The highest BCUT2D eigenvalue weighted by atomic mass is 16.5. The van der Waals surface area contributed by atoms with E-state index in [9.17, 15) is 14.4 Å². The highest BCUT2D eigenvalue weighted by Crippen LogP contribution is 2.31. The van der Waals surface area contributed by atoms with Crippen LogP contribution in [0.4, 0.5) is 10.5 Å². The Hall–Kier alpha value is -2.81. The summed E-state index contributed by atoms with van der Waals surface area (Å²) in [5.41, 5.74) is 0.733. The number of hydrogen-bond acceptors (Lipinski definition) is 5.